The minimum absolute atomic E-state index is 0.00614. The Labute approximate surface area is 191 Å². The summed E-state index contributed by atoms with van der Waals surface area (Å²) in [5.41, 5.74) is 1.01. The summed E-state index contributed by atoms with van der Waals surface area (Å²) in [6.07, 6.45) is 0.664. The second-order valence-electron chi connectivity index (χ2n) is 8.33. The largest absolute Gasteiger partial charge is 0.478 e. The molecule has 0 aromatic heterocycles. The van der Waals surface area contributed by atoms with Crippen LogP contribution in [0.2, 0.25) is 0 Å². The number of hydrogen-bond donors (Lipinski definition) is 3. The summed E-state index contributed by atoms with van der Waals surface area (Å²) in [7, 11) is 0. The molecule has 1 heterocycles. The van der Waals surface area contributed by atoms with Crippen LogP contribution >= 0.6 is 15.9 Å². The lowest BCUT2D eigenvalue weighted by molar-refractivity contribution is -0.145. The molecule has 0 radical (unpaired) electrons. The number of para-hydroxylation sites is 1. The molecule has 5 rings (SSSR count). The lowest BCUT2D eigenvalue weighted by Gasteiger charge is -2.27. The van der Waals surface area contributed by atoms with Gasteiger partial charge in [0.1, 0.15) is 6.10 Å². The first-order valence-electron chi connectivity index (χ1n) is 10.2. The highest BCUT2D eigenvalue weighted by molar-refractivity contribution is 9.09. The fraction of sp³-hybridized carbons (Fsp3) is 0.304. The molecule has 9 heteroatoms. The lowest BCUT2D eigenvalue weighted by Crippen LogP contribution is -2.40. The molecule has 8 nitrogen and oxygen atoms in total. The van der Waals surface area contributed by atoms with Crippen LogP contribution in [-0.2, 0) is 14.3 Å². The third-order valence-corrected chi connectivity index (χ3v) is 7.85. The lowest BCUT2D eigenvalue weighted by atomic mass is 9.79. The van der Waals surface area contributed by atoms with Crippen molar-refractivity contribution in [3.63, 3.8) is 0 Å². The molecule has 1 saturated heterocycles. The van der Waals surface area contributed by atoms with Crippen LogP contribution in [0.25, 0.3) is 0 Å². The molecule has 2 amide bonds. The Hall–Kier alpha value is -3.20. The summed E-state index contributed by atoms with van der Waals surface area (Å²) in [5.74, 6) is -2.80. The van der Waals surface area contributed by atoms with E-state index < -0.39 is 23.7 Å². The number of carbonyl (C=O) groups excluding carboxylic acids is 3. The minimum Gasteiger partial charge on any atom is -0.478 e. The van der Waals surface area contributed by atoms with Crippen LogP contribution in [0.15, 0.2) is 48.5 Å². The Kier molecular flexibility index (Phi) is 5.00. The molecule has 2 aromatic rings. The Morgan fingerprint density at radius 3 is 2.44 bits per heavy atom. The van der Waals surface area contributed by atoms with Gasteiger partial charge in [0.25, 0.3) is 5.91 Å². The number of rotatable bonds is 5. The van der Waals surface area contributed by atoms with Gasteiger partial charge in [-0.3, -0.25) is 14.4 Å². The highest BCUT2D eigenvalue weighted by Gasteiger charge is 2.67. The molecule has 2 bridgehead atoms. The highest BCUT2D eigenvalue weighted by atomic mass is 79.9. The summed E-state index contributed by atoms with van der Waals surface area (Å²) in [6.45, 7) is 0. The number of carboxylic acids is 1. The van der Waals surface area contributed by atoms with E-state index in [2.05, 4.69) is 26.6 Å². The van der Waals surface area contributed by atoms with Crippen LogP contribution in [0.3, 0.4) is 0 Å². The number of halogens is 1. The third kappa shape index (κ3) is 3.28. The van der Waals surface area contributed by atoms with Gasteiger partial charge in [-0.1, -0.05) is 28.1 Å². The number of hydrogen-bond acceptors (Lipinski definition) is 5. The number of fused-ring (bicyclic) bond motifs is 1. The molecule has 3 N–H and O–H groups in total. The predicted molar refractivity (Wildman–Crippen MR) is 118 cm³/mol. The number of alkyl halides is 1. The average molecular weight is 499 g/mol. The van der Waals surface area contributed by atoms with Crippen LogP contribution in [0, 0.1) is 23.7 Å². The zero-order chi connectivity index (χ0) is 22.6. The summed E-state index contributed by atoms with van der Waals surface area (Å²) >= 11 is 3.60. The van der Waals surface area contributed by atoms with Crippen LogP contribution in [0.1, 0.15) is 27.1 Å². The van der Waals surface area contributed by atoms with Crippen molar-refractivity contribution in [1.82, 2.24) is 0 Å². The van der Waals surface area contributed by atoms with E-state index in [1.165, 1.54) is 12.1 Å². The first-order valence-corrected chi connectivity index (χ1v) is 11.2. The van der Waals surface area contributed by atoms with Gasteiger partial charge in [-0.25, -0.2) is 4.79 Å². The number of ether oxygens (including phenoxy) is 1. The number of carboxylic acid groups (broad SMARTS) is 1. The van der Waals surface area contributed by atoms with Crippen molar-refractivity contribution in [2.45, 2.75) is 17.4 Å². The number of aromatic carboxylic acids is 1. The molecule has 2 aliphatic carbocycles. The standard InChI is InChI=1S/C23H19BrN2O6/c24-18-13-9-14-17(23(31)32-19(14)18)16(13)21(28)25-11-7-5-10(6-8-11)20(27)26-15-4-2-1-3-12(15)22(29)30/h1-8,13-14,16-19H,9H2,(H,25,28)(H,26,27)(H,29,30)/t13-,14-,16-,17-,18+,19+/m1/s1. The zero-order valence-corrected chi connectivity index (χ0v) is 18.2. The fourth-order valence-electron chi connectivity index (χ4n) is 5.23. The first kappa shape index (κ1) is 20.7. The number of esters is 1. The number of benzene rings is 2. The number of anilines is 2. The van der Waals surface area contributed by atoms with E-state index >= 15 is 0 Å². The molecule has 2 aromatic carbocycles. The molecule has 3 fully saturated rings. The monoisotopic (exact) mass is 498 g/mol. The topological polar surface area (TPSA) is 122 Å². The maximum absolute atomic E-state index is 13.0. The molecular formula is C23H19BrN2O6. The van der Waals surface area contributed by atoms with E-state index in [0.717, 1.165) is 6.42 Å². The van der Waals surface area contributed by atoms with Gasteiger partial charge in [-0.2, -0.15) is 0 Å². The van der Waals surface area contributed by atoms with Gasteiger partial charge >= 0.3 is 11.9 Å². The quantitative estimate of drug-likeness (QED) is 0.429. The highest BCUT2D eigenvalue weighted by Crippen LogP contribution is 2.60. The minimum atomic E-state index is -1.14. The molecular weight excluding hydrogens is 480 g/mol. The van der Waals surface area contributed by atoms with Crippen LogP contribution in [-0.4, -0.2) is 39.8 Å². The third-order valence-electron chi connectivity index (χ3n) is 6.65. The number of amides is 2. The summed E-state index contributed by atoms with van der Waals surface area (Å²) in [5, 5.41) is 14.7. The van der Waals surface area contributed by atoms with Gasteiger partial charge in [-0.15, -0.1) is 0 Å². The van der Waals surface area contributed by atoms with Crippen molar-refractivity contribution in [1.29, 1.82) is 0 Å². The predicted octanol–water partition coefficient (Wildman–Crippen LogP) is 3.15. The normalized spacial score (nSPS) is 29.5. The number of carbonyl (C=O) groups is 4. The van der Waals surface area contributed by atoms with E-state index in [-0.39, 0.29) is 45.9 Å². The molecule has 0 unspecified atom stereocenters. The summed E-state index contributed by atoms with van der Waals surface area (Å²) in [6, 6.07) is 12.4. The number of nitrogens with one attached hydrogen (secondary N) is 2. The zero-order valence-electron chi connectivity index (χ0n) is 16.7. The summed E-state index contributed by atoms with van der Waals surface area (Å²) in [4.78, 5) is 49.0. The van der Waals surface area contributed by atoms with Crippen LogP contribution in [0.4, 0.5) is 11.4 Å². The Morgan fingerprint density at radius 1 is 1.00 bits per heavy atom. The van der Waals surface area contributed by atoms with Crippen molar-refractivity contribution in [3.8, 4) is 0 Å². The van der Waals surface area contributed by atoms with E-state index in [9.17, 15) is 24.3 Å². The molecule has 0 spiro atoms. The fourth-order valence-corrected chi connectivity index (χ4v) is 6.28. The molecule has 2 saturated carbocycles. The van der Waals surface area contributed by atoms with E-state index in [0.29, 0.717) is 11.3 Å². The molecule has 6 atom stereocenters. The van der Waals surface area contributed by atoms with Gasteiger partial charge in [0.2, 0.25) is 5.91 Å². The summed E-state index contributed by atoms with van der Waals surface area (Å²) < 4.78 is 5.45. The second kappa shape index (κ2) is 7.74. The van der Waals surface area contributed by atoms with Crippen molar-refractivity contribution < 1.29 is 29.0 Å². The molecule has 1 aliphatic heterocycles. The van der Waals surface area contributed by atoms with Gasteiger partial charge in [0, 0.05) is 17.2 Å². The van der Waals surface area contributed by atoms with Crippen LogP contribution < -0.4 is 10.6 Å². The van der Waals surface area contributed by atoms with Gasteiger partial charge < -0.3 is 20.5 Å². The van der Waals surface area contributed by atoms with Crippen molar-refractivity contribution >= 4 is 51.1 Å². The van der Waals surface area contributed by atoms with Gasteiger partial charge in [0.05, 0.1) is 27.9 Å². The van der Waals surface area contributed by atoms with E-state index in [1.54, 1.807) is 36.4 Å². The van der Waals surface area contributed by atoms with Crippen molar-refractivity contribution in [2.24, 2.45) is 23.7 Å². The van der Waals surface area contributed by atoms with Crippen molar-refractivity contribution in [3.05, 3.63) is 59.7 Å². The van der Waals surface area contributed by atoms with Gasteiger partial charge in [0.15, 0.2) is 0 Å². The first-order chi connectivity index (χ1) is 15.3. The van der Waals surface area contributed by atoms with E-state index in [1.807, 2.05) is 0 Å². The smallest absolute Gasteiger partial charge is 0.337 e. The SMILES string of the molecule is O=C(Nc1ccccc1C(=O)O)c1ccc(NC(=O)[C@@H]2[C@H]3C[C@H]4[C@H](OC(=O)[C@H]42)[C@H]3Br)cc1. The molecule has 32 heavy (non-hydrogen) atoms. The molecule has 164 valence electrons. The Balaban J connectivity index is 1.27. The maximum Gasteiger partial charge on any atom is 0.337 e. The Morgan fingerprint density at radius 2 is 1.72 bits per heavy atom. The van der Waals surface area contributed by atoms with Gasteiger partial charge in [-0.05, 0) is 48.7 Å². The Bertz CT molecular complexity index is 1130. The second-order valence-corrected chi connectivity index (χ2v) is 9.39. The van der Waals surface area contributed by atoms with Crippen molar-refractivity contribution in [2.75, 3.05) is 10.6 Å². The molecule has 3 aliphatic rings. The van der Waals surface area contributed by atoms with Crippen LogP contribution in [0.5, 0.6) is 0 Å². The van der Waals surface area contributed by atoms with E-state index in [4.69, 9.17) is 4.74 Å². The average Bonchev–Trinajstić information content (AvgIpc) is 3.39. The maximum atomic E-state index is 13.0.